The van der Waals surface area contributed by atoms with E-state index in [1.54, 1.807) is 0 Å². The summed E-state index contributed by atoms with van der Waals surface area (Å²) in [4.78, 5) is 2.48. The average molecular weight is 203 g/mol. The number of morpholine rings is 1. The van der Waals surface area contributed by atoms with Gasteiger partial charge in [0.15, 0.2) is 0 Å². The molecule has 0 aromatic rings. The van der Waals surface area contributed by atoms with Gasteiger partial charge in [-0.3, -0.25) is 4.90 Å². The largest absolute Gasteiger partial charge is 0.379 e. The fourth-order valence-corrected chi connectivity index (χ4v) is 1.21. The van der Waals surface area contributed by atoms with Crippen LogP contribution in [0.4, 0.5) is 0 Å². The van der Waals surface area contributed by atoms with E-state index < -0.39 is 0 Å². The monoisotopic (exact) mass is 203 g/mol. The Balaban J connectivity index is 0. The van der Waals surface area contributed by atoms with Gasteiger partial charge < -0.3 is 4.74 Å². The smallest absolute Gasteiger partial charge is 0.0594 e. The molecule has 0 radical (unpaired) electrons. The van der Waals surface area contributed by atoms with Gasteiger partial charge in [0.1, 0.15) is 0 Å². The van der Waals surface area contributed by atoms with Gasteiger partial charge in [-0.15, -0.1) is 0 Å². The van der Waals surface area contributed by atoms with Gasteiger partial charge in [0.25, 0.3) is 0 Å². The maximum Gasteiger partial charge on any atom is 0.0594 e. The van der Waals surface area contributed by atoms with Crippen LogP contribution in [-0.2, 0) is 4.74 Å². The number of ether oxygens (including phenoxy) is 1. The SMILES string of the molecule is CC.CC.CCCCN1CCOCC1. The number of hydrogen-bond acceptors (Lipinski definition) is 2. The maximum absolute atomic E-state index is 5.24. The number of rotatable bonds is 3. The molecule has 0 bridgehead atoms. The maximum atomic E-state index is 5.24. The Morgan fingerprint density at radius 3 is 1.93 bits per heavy atom. The van der Waals surface area contributed by atoms with Gasteiger partial charge in [0.2, 0.25) is 0 Å². The van der Waals surface area contributed by atoms with Gasteiger partial charge in [-0.1, -0.05) is 41.0 Å². The molecular weight excluding hydrogens is 174 g/mol. The topological polar surface area (TPSA) is 12.5 Å². The van der Waals surface area contributed by atoms with E-state index in [1.165, 1.54) is 19.4 Å². The minimum Gasteiger partial charge on any atom is -0.379 e. The van der Waals surface area contributed by atoms with Gasteiger partial charge in [-0.2, -0.15) is 0 Å². The minimum atomic E-state index is 0.934. The normalized spacial score (nSPS) is 16.1. The first-order valence-corrected chi connectivity index (χ1v) is 6.23. The van der Waals surface area contributed by atoms with Crippen LogP contribution in [0.2, 0.25) is 0 Å². The molecule has 14 heavy (non-hydrogen) atoms. The van der Waals surface area contributed by atoms with Crippen LogP contribution >= 0.6 is 0 Å². The van der Waals surface area contributed by atoms with Gasteiger partial charge in [-0.05, 0) is 13.0 Å². The zero-order valence-corrected chi connectivity index (χ0v) is 10.8. The molecule has 0 unspecified atom stereocenters. The van der Waals surface area contributed by atoms with E-state index in [-0.39, 0.29) is 0 Å². The minimum absolute atomic E-state index is 0.934. The lowest BCUT2D eigenvalue weighted by Gasteiger charge is -2.26. The van der Waals surface area contributed by atoms with E-state index in [4.69, 9.17) is 4.74 Å². The van der Waals surface area contributed by atoms with Crippen molar-refractivity contribution in [3.05, 3.63) is 0 Å². The highest BCUT2D eigenvalue weighted by Gasteiger charge is 2.07. The van der Waals surface area contributed by atoms with Crippen molar-refractivity contribution in [3.8, 4) is 0 Å². The first kappa shape index (κ1) is 16.4. The second-order valence-electron chi connectivity index (χ2n) is 2.81. The summed E-state index contributed by atoms with van der Waals surface area (Å²) >= 11 is 0. The Labute approximate surface area is 90.6 Å². The lowest BCUT2D eigenvalue weighted by molar-refractivity contribution is 0.0373. The van der Waals surface area contributed by atoms with Crippen LogP contribution in [0, 0.1) is 0 Å². The van der Waals surface area contributed by atoms with Crippen LogP contribution in [-0.4, -0.2) is 37.7 Å². The summed E-state index contributed by atoms with van der Waals surface area (Å²) in [5, 5.41) is 0. The highest BCUT2D eigenvalue weighted by atomic mass is 16.5. The van der Waals surface area contributed by atoms with Crippen molar-refractivity contribution < 1.29 is 4.74 Å². The van der Waals surface area contributed by atoms with E-state index >= 15 is 0 Å². The molecule has 0 atom stereocenters. The molecule has 0 aromatic carbocycles. The van der Waals surface area contributed by atoms with E-state index in [2.05, 4.69) is 11.8 Å². The third-order valence-corrected chi connectivity index (χ3v) is 1.93. The summed E-state index contributed by atoms with van der Waals surface area (Å²) in [7, 11) is 0. The van der Waals surface area contributed by atoms with Crippen LogP contribution in [0.1, 0.15) is 47.5 Å². The first-order chi connectivity index (χ1) is 6.93. The third-order valence-electron chi connectivity index (χ3n) is 1.93. The van der Waals surface area contributed by atoms with Crippen molar-refractivity contribution in [2.75, 3.05) is 32.8 Å². The van der Waals surface area contributed by atoms with Gasteiger partial charge in [0.05, 0.1) is 13.2 Å². The van der Waals surface area contributed by atoms with Crippen LogP contribution in [0.25, 0.3) is 0 Å². The molecule has 0 amide bonds. The van der Waals surface area contributed by atoms with Gasteiger partial charge in [0, 0.05) is 13.1 Å². The van der Waals surface area contributed by atoms with E-state index in [1.807, 2.05) is 27.7 Å². The number of unbranched alkanes of at least 4 members (excludes halogenated alkanes) is 1. The molecule has 1 aliphatic heterocycles. The Kier molecular flexibility index (Phi) is 18.0. The Morgan fingerprint density at radius 2 is 1.50 bits per heavy atom. The standard InChI is InChI=1S/C8H17NO.2C2H6/c1-2-3-4-9-5-7-10-8-6-9;2*1-2/h2-8H2,1H3;2*1-2H3. The van der Waals surface area contributed by atoms with Crippen LogP contribution in [0.15, 0.2) is 0 Å². The molecule has 1 rings (SSSR count). The lowest BCUT2D eigenvalue weighted by Crippen LogP contribution is -2.36. The lowest BCUT2D eigenvalue weighted by atomic mass is 10.3. The Morgan fingerprint density at radius 1 is 1.00 bits per heavy atom. The molecule has 0 aliphatic carbocycles. The second kappa shape index (κ2) is 15.4. The van der Waals surface area contributed by atoms with Crippen molar-refractivity contribution in [2.45, 2.75) is 47.5 Å². The molecule has 1 fully saturated rings. The van der Waals surface area contributed by atoms with Crippen LogP contribution in [0.5, 0.6) is 0 Å². The third kappa shape index (κ3) is 10.0. The van der Waals surface area contributed by atoms with Gasteiger partial charge in [-0.25, -0.2) is 0 Å². The second-order valence-corrected chi connectivity index (χ2v) is 2.81. The van der Waals surface area contributed by atoms with Crippen molar-refractivity contribution in [1.29, 1.82) is 0 Å². The highest BCUT2D eigenvalue weighted by molar-refractivity contribution is 4.60. The molecule has 0 N–H and O–H groups in total. The number of nitrogens with zero attached hydrogens (tertiary/aromatic N) is 1. The Hall–Kier alpha value is -0.0800. The van der Waals surface area contributed by atoms with Crippen molar-refractivity contribution in [3.63, 3.8) is 0 Å². The molecule has 0 saturated carbocycles. The first-order valence-electron chi connectivity index (χ1n) is 6.23. The highest BCUT2D eigenvalue weighted by Crippen LogP contribution is 1.98. The average Bonchev–Trinajstić information content (AvgIpc) is 2.33. The molecule has 2 heteroatoms. The molecule has 1 heterocycles. The summed E-state index contributed by atoms with van der Waals surface area (Å²) in [6.07, 6.45) is 2.64. The molecule has 1 aliphatic rings. The molecule has 1 saturated heterocycles. The molecule has 88 valence electrons. The van der Waals surface area contributed by atoms with Crippen LogP contribution < -0.4 is 0 Å². The fourth-order valence-electron chi connectivity index (χ4n) is 1.21. The van der Waals surface area contributed by atoms with E-state index in [0.717, 1.165) is 26.3 Å². The van der Waals surface area contributed by atoms with E-state index in [0.29, 0.717) is 0 Å². The zero-order valence-electron chi connectivity index (χ0n) is 10.8. The predicted molar refractivity (Wildman–Crippen MR) is 64.9 cm³/mol. The zero-order chi connectivity index (χ0) is 11.2. The predicted octanol–water partition coefficient (Wildman–Crippen LogP) is 3.17. The molecule has 2 nitrogen and oxygen atoms in total. The Bertz CT molecular complexity index is 80.4. The summed E-state index contributed by atoms with van der Waals surface area (Å²) in [5.74, 6) is 0. The summed E-state index contributed by atoms with van der Waals surface area (Å²) < 4.78 is 5.24. The van der Waals surface area contributed by atoms with Crippen molar-refractivity contribution in [1.82, 2.24) is 4.90 Å². The summed E-state index contributed by atoms with van der Waals surface area (Å²) in [6, 6.07) is 0. The number of hydrogen-bond donors (Lipinski definition) is 0. The van der Waals surface area contributed by atoms with E-state index in [9.17, 15) is 0 Å². The summed E-state index contributed by atoms with van der Waals surface area (Å²) in [6.45, 7) is 15.6. The summed E-state index contributed by atoms with van der Waals surface area (Å²) in [5.41, 5.74) is 0. The van der Waals surface area contributed by atoms with Crippen LogP contribution in [0.3, 0.4) is 0 Å². The molecular formula is C12H29NO. The van der Waals surface area contributed by atoms with Gasteiger partial charge >= 0.3 is 0 Å². The molecule has 0 spiro atoms. The van der Waals surface area contributed by atoms with Crippen molar-refractivity contribution >= 4 is 0 Å². The van der Waals surface area contributed by atoms with Crippen molar-refractivity contribution in [2.24, 2.45) is 0 Å². The quantitative estimate of drug-likeness (QED) is 0.698. The molecule has 0 aromatic heterocycles. The fraction of sp³-hybridized carbons (Fsp3) is 1.00.